The van der Waals surface area contributed by atoms with Gasteiger partial charge in [0.05, 0.1) is 6.26 Å². The molecule has 2 aromatic rings. The van der Waals surface area contributed by atoms with Crippen LogP contribution in [0.25, 0.3) is 0 Å². The molecule has 1 aromatic carbocycles. The highest BCUT2D eigenvalue weighted by Gasteiger charge is 2.04. The van der Waals surface area contributed by atoms with Crippen molar-refractivity contribution in [3.05, 3.63) is 40.9 Å². The van der Waals surface area contributed by atoms with Crippen molar-refractivity contribution >= 4 is 38.9 Å². The summed E-state index contributed by atoms with van der Waals surface area (Å²) < 4.78 is 24.3. The van der Waals surface area contributed by atoms with Crippen molar-refractivity contribution in [3.8, 4) is 0 Å². The number of sulfonamides is 1. The van der Waals surface area contributed by atoms with Crippen molar-refractivity contribution in [2.75, 3.05) is 16.3 Å². The maximum Gasteiger partial charge on any atom is 0.231 e. The normalized spacial score (nSPS) is 11.2. The molecule has 2 rings (SSSR count). The van der Waals surface area contributed by atoms with Gasteiger partial charge in [-0.15, -0.1) is 10.2 Å². The molecule has 0 unspecified atom stereocenters. The summed E-state index contributed by atoms with van der Waals surface area (Å²) in [6.45, 7) is 1.91. The van der Waals surface area contributed by atoms with Crippen molar-refractivity contribution in [3.63, 3.8) is 0 Å². The number of anilines is 3. The fraction of sp³-hybridized carbons (Fsp3) is 0.167. The van der Waals surface area contributed by atoms with E-state index in [2.05, 4.69) is 20.2 Å². The first-order valence-corrected chi connectivity index (χ1v) is 7.95. The molecule has 1 aromatic heterocycles. The molecule has 1 heterocycles. The van der Waals surface area contributed by atoms with Crippen LogP contribution in [0.2, 0.25) is 5.02 Å². The smallest absolute Gasteiger partial charge is 0.231 e. The Morgan fingerprint density at radius 3 is 2.30 bits per heavy atom. The van der Waals surface area contributed by atoms with Gasteiger partial charge >= 0.3 is 0 Å². The van der Waals surface area contributed by atoms with E-state index < -0.39 is 10.0 Å². The maximum absolute atomic E-state index is 11.0. The van der Waals surface area contributed by atoms with Gasteiger partial charge in [-0.3, -0.25) is 4.72 Å². The van der Waals surface area contributed by atoms with Crippen LogP contribution >= 0.6 is 11.6 Å². The van der Waals surface area contributed by atoms with E-state index in [-0.39, 0.29) is 5.82 Å². The first-order chi connectivity index (χ1) is 9.33. The molecule has 20 heavy (non-hydrogen) atoms. The molecule has 106 valence electrons. The lowest BCUT2D eigenvalue weighted by atomic mass is 10.2. The van der Waals surface area contributed by atoms with Crippen molar-refractivity contribution in [2.45, 2.75) is 6.92 Å². The second-order valence-corrected chi connectivity index (χ2v) is 6.42. The number of aromatic nitrogens is 2. The Labute approximate surface area is 122 Å². The predicted octanol–water partition coefficient (Wildman–Crippen LogP) is 2.55. The number of benzene rings is 1. The van der Waals surface area contributed by atoms with Gasteiger partial charge in [0.25, 0.3) is 0 Å². The zero-order valence-corrected chi connectivity index (χ0v) is 12.5. The number of rotatable bonds is 4. The first kappa shape index (κ1) is 14.5. The quantitative estimate of drug-likeness (QED) is 0.906. The summed E-state index contributed by atoms with van der Waals surface area (Å²) >= 11 is 6.03. The summed E-state index contributed by atoms with van der Waals surface area (Å²) in [7, 11) is -3.35. The average Bonchev–Trinajstić information content (AvgIpc) is 2.35. The highest BCUT2D eigenvalue weighted by molar-refractivity contribution is 7.92. The fourth-order valence-corrected chi connectivity index (χ4v) is 2.13. The van der Waals surface area contributed by atoms with Crippen molar-refractivity contribution in [2.24, 2.45) is 0 Å². The zero-order valence-electron chi connectivity index (χ0n) is 10.9. The van der Waals surface area contributed by atoms with Gasteiger partial charge in [0, 0.05) is 10.7 Å². The summed E-state index contributed by atoms with van der Waals surface area (Å²) in [5.74, 6) is 0.656. The van der Waals surface area contributed by atoms with Crippen LogP contribution in [0.5, 0.6) is 0 Å². The summed E-state index contributed by atoms with van der Waals surface area (Å²) in [6, 6.07) is 8.67. The first-order valence-electron chi connectivity index (χ1n) is 5.68. The Morgan fingerprint density at radius 2 is 1.75 bits per heavy atom. The molecule has 0 saturated heterocycles. The predicted molar refractivity (Wildman–Crippen MR) is 80.0 cm³/mol. The largest absolute Gasteiger partial charge is 0.339 e. The molecule has 0 fully saturated rings. The third kappa shape index (κ3) is 4.07. The van der Waals surface area contributed by atoms with Crippen molar-refractivity contribution in [1.82, 2.24) is 10.2 Å². The van der Waals surface area contributed by atoms with Gasteiger partial charge in [-0.2, -0.15) is 0 Å². The SMILES string of the molecule is Cc1ccc(Nc2ccc(NS(C)(=O)=O)nn2)cc1Cl. The van der Waals surface area contributed by atoms with E-state index in [1.54, 1.807) is 12.1 Å². The molecule has 0 saturated carbocycles. The molecule has 0 amide bonds. The summed E-state index contributed by atoms with van der Waals surface area (Å²) in [5.41, 5.74) is 1.76. The van der Waals surface area contributed by atoms with Gasteiger partial charge < -0.3 is 5.32 Å². The Kier molecular flexibility index (Phi) is 4.10. The van der Waals surface area contributed by atoms with Crippen LogP contribution < -0.4 is 10.0 Å². The third-order valence-corrected chi connectivity index (χ3v) is 3.39. The second-order valence-electron chi connectivity index (χ2n) is 4.27. The van der Waals surface area contributed by atoms with Gasteiger partial charge in [0.15, 0.2) is 11.6 Å². The Bertz CT molecular complexity index is 717. The van der Waals surface area contributed by atoms with Gasteiger partial charge in [-0.25, -0.2) is 8.42 Å². The molecule has 0 radical (unpaired) electrons. The van der Waals surface area contributed by atoms with Crippen molar-refractivity contribution < 1.29 is 8.42 Å². The van der Waals surface area contributed by atoms with Gasteiger partial charge in [-0.05, 0) is 36.8 Å². The third-order valence-electron chi connectivity index (χ3n) is 2.40. The molecule has 6 nitrogen and oxygen atoms in total. The van der Waals surface area contributed by atoms with E-state index in [1.807, 2.05) is 19.1 Å². The monoisotopic (exact) mass is 312 g/mol. The van der Waals surface area contributed by atoms with E-state index in [0.29, 0.717) is 10.8 Å². The maximum atomic E-state index is 11.0. The van der Waals surface area contributed by atoms with E-state index >= 15 is 0 Å². The summed E-state index contributed by atoms with van der Waals surface area (Å²) in [5, 5.41) is 11.3. The highest BCUT2D eigenvalue weighted by atomic mass is 35.5. The number of nitrogens with zero attached hydrogens (tertiary/aromatic N) is 2. The number of hydrogen-bond donors (Lipinski definition) is 2. The molecular formula is C12H13ClN4O2S. The molecular weight excluding hydrogens is 300 g/mol. The lowest BCUT2D eigenvalue weighted by Gasteiger charge is -2.07. The number of nitrogens with one attached hydrogen (secondary N) is 2. The fourth-order valence-electron chi connectivity index (χ4n) is 1.46. The van der Waals surface area contributed by atoms with Gasteiger partial charge in [-0.1, -0.05) is 17.7 Å². The number of halogens is 1. The zero-order chi connectivity index (χ0) is 14.8. The van der Waals surface area contributed by atoms with Crippen LogP contribution in [0, 0.1) is 6.92 Å². The second kappa shape index (κ2) is 5.64. The molecule has 0 aliphatic heterocycles. The van der Waals surface area contributed by atoms with E-state index in [4.69, 9.17) is 11.6 Å². The lowest BCUT2D eigenvalue weighted by molar-refractivity contribution is 0.606. The Balaban J connectivity index is 2.12. The molecule has 0 atom stereocenters. The molecule has 0 aliphatic rings. The minimum atomic E-state index is -3.35. The summed E-state index contributed by atoms with van der Waals surface area (Å²) in [4.78, 5) is 0. The highest BCUT2D eigenvalue weighted by Crippen LogP contribution is 2.22. The lowest BCUT2D eigenvalue weighted by Crippen LogP contribution is -2.11. The van der Waals surface area contributed by atoms with Crippen LogP contribution in [0.4, 0.5) is 17.3 Å². The topological polar surface area (TPSA) is 84.0 Å². The minimum Gasteiger partial charge on any atom is -0.339 e. The van der Waals surface area contributed by atoms with Gasteiger partial charge in [0.1, 0.15) is 0 Å². The van der Waals surface area contributed by atoms with Gasteiger partial charge in [0.2, 0.25) is 10.0 Å². The number of aryl methyl sites for hydroxylation is 1. The van der Waals surface area contributed by atoms with E-state index in [0.717, 1.165) is 17.5 Å². The molecule has 0 spiro atoms. The van der Waals surface area contributed by atoms with Crippen LogP contribution in [0.15, 0.2) is 30.3 Å². The average molecular weight is 313 g/mol. The number of hydrogen-bond acceptors (Lipinski definition) is 5. The molecule has 0 aliphatic carbocycles. The van der Waals surface area contributed by atoms with Crippen LogP contribution in [0.3, 0.4) is 0 Å². The van der Waals surface area contributed by atoms with Crippen molar-refractivity contribution in [1.29, 1.82) is 0 Å². The van der Waals surface area contributed by atoms with Crippen LogP contribution in [-0.4, -0.2) is 24.9 Å². The minimum absolute atomic E-state index is 0.167. The Morgan fingerprint density at radius 1 is 1.10 bits per heavy atom. The van der Waals surface area contributed by atoms with E-state index in [9.17, 15) is 8.42 Å². The molecule has 8 heteroatoms. The molecule has 2 N–H and O–H groups in total. The van der Waals surface area contributed by atoms with Crippen LogP contribution in [-0.2, 0) is 10.0 Å². The van der Waals surface area contributed by atoms with Crippen LogP contribution in [0.1, 0.15) is 5.56 Å². The standard InChI is InChI=1S/C12H13ClN4O2S/c1-8-3-4-9(7-10(8)13)14-11-5-6-12(16-15-11)17-20(2,18)19/h3-7H,1-2H3,(H,14,15)(H,16,17). The van der Waals surface area contributed by atoms with E-state index in [1.165, 1.54) is 6.07 Å². The summed E-state index contributed by atoms with van der Waals surface area (Å²) in [6.07, 6.45) is 1.05. The Hall–Kier alpha value is -1.86. The molecule has 0 bridgehead atoms.